The molecule has 0 N–H and O–H groups in total. The van der Waals surface area contributed by atoms with E-state index in [-0.39, 0.29) is 0 Å². The van der Waals surface area contributed by atoms with Crippen LogP contribution in [0.4, 0.5) is 0 Å². The molecule has 0 aromatic heterocycles. The summed E-state index contributed by atoms with van der Waals surface area (Å²) in [6.07, 6.45) is 3.89. The first-order valence-electron chi connectivity index (χ1n) is 4.53. The number of rotatable bonds is 3. The van der Waals surface area contributed by atoms with Crippen molar-refractivity contribution < 1.29 is 0 Å². The Morgan fingerprint density at radius 3 is 2.00 bits per heavy atom. The van der Waals surface area contributed by atoms with Gasteiger partial charge in [0.2, 0.25) is 0 Å². The third kappa shape index (κ3) is 3.41. The fourth-order valence-corrected chi connectivity index (χ4v) is 1.33. The molecule has 0 unspecified atom stereocenters. The second-order valence-corrected chi connectivity index (χ2v) is 3.10. The van der Waals surface area contributed by atoms with E-state index in [1.807, 2.05) is 27.7 Å². The number of aliphatic imine (C=N–C) groups is 1. The van der Waals surface area contributed by atoms with E-state index in [4.69, 9.17) is 0 Å². The van der Waals surface area contributed by atoms with Crippen molar-refractivity contribution in [2.24, 2.45) is 4.99 Å². The maximum atomic E-state index is 4.27. The summed E-state index contributed by atoms with van der Waals surface area (Å²) < 4.78 is 0. The molecule has 1 heteroatoms. The van der Waals surface area contributed by atoms with Gasteiger partial charge in [0.15, 0.2) is 0 Å². The van der Waals surface area contributed by atoms with Crippen LogP contribution in [0.1, 0.15) is 34.6 Å². The fourth-order valence-electron chi connectivity index (χ4n) is 1.33. The Labute approximate surface area is 81.6 Å². The Hall–Kier alpha value is -1.11. The topological polar surface area (TPSA) is 12.4 Å². The van der Waals surface area contributed by atoms with Gasteiger partial charge in [-0.1, -0.05) is 12.7 Å². The van der Waals surface area contributed by atoms with E-state index in [2.05, 4.69) is 24.6 Å². The Balaban J connectivity index is 5.25. The highest BCUT2D eigenvalue weighted by Crippen LogP contribution is 2.21. The maximum Gasteiger partial charge on any atom is 0.0445 e. The Bertz CT molecular complexity index is 277. The van der Waals surface area contributed by atoms with Crippen LogP contribution in [0.3, 0.4) is 0 Å². The number of hydrogen-bond acceptors (Lipinski definition) is 1. The zero-order valence-corrected chi connectivity index (χ0v) is 9.31. The molecule has 0 rings (SSSR count). The van der Waals surface area contributed by atoms with E-state index in [1.165, 1.54) is 11.1 Å². The summed E-state index contributed by atoms with van der Waals surface area (Å²) in [5, 5.41) is 0. The lowest BCUT2D eigenvalue weighted by molar-refractivity contribution is 1.19. The Morgan fingerprint density at radius 2 is 1.69 bits per heavy atom. The van der Waals surface area contributed by atoms with Crippen LogP contribution in [-0.2, 0) is 0 Å². The molecule has 0 saturated carbocycles. The van der Waals surface area contributed by atoms with Crippen LogP contribution < -0.4 is 0 Å². The molecule has 0 aliphatic heterocycles. The molecule has 0 fully saturated rings. The summed E-state index contributed by atoms with van der Waals surface area (Å²) in [5.41, 5.74) is 4.50. The van der Waals surface area contributed by atoms with Gasteiger partial charge in [0.1, 0.15) is 0 Å². The molecule has 0 aliphatic rings. The van der Waals surface area contributed by atoms with Crippen molar-refractivity contribution in [1.82, 2.24) is 0 Å². The highest BCUT2D eigenvalue weighted by atomic mass is 14.7. The molecule has 0 spiro atoms. The van der Waals surface area contributed by atoms with Crippen LogP contribution in [0, 0.1) is 0 Å². The molecular formula is C12H19N. The monoisotopic (exact) mass is 177 g/mol. The zero-order valence-electron chi connectivity index (χ0n) is 9.31. The summed E-state index contributed by atoms with van der Waals surface area (Å²) in [6.45, 7) is 14.0. The molecule has 0 bridgehead atoms. The van der Waals surface area contributed by atoms with Crippen LogP contribution in [-0.4, -0.2) is 6.21 Å². The van der Waals surface area contributed by atoms with Gasteiger partial charge < -0.3 is 0 Å². The number of hydrogen-bond donors (Lipinski definition) is 0. The minimum atomic E-state index is 1.03. The van der Waals surface area contributed by atoms with Gasteiger partial charge in [-0.05, 0) is 45.8 Å². The number of nitrogens with zero attached hydrogens (tertiary/aromatic N) is 1. The first kappa shape index (κ1) is 11.9. The van der Waals surface area contributed by atoms with Gasteiger partial charge in [0, 0.05) is 17.5 Å². The smallest absolute Gasteiger partial charge is 0.0445 e. The molecule has 1 nitrogen and oxygen atoms in total. The molecule has 0 atom stereocenters. The van der Waals surface area contributed by atoms with Gasteiger partial charge in [-0.2, -0.15) is 0 Å². The van der Waals surface area contributed by atoms with Crippen molar-refractivity contribution in [3.63, 3.8) is 0 Å². The summed E-state index contributed by atoms with van der Waals surface area (Å²) in [5.74, 6) is 0. The quantitative estimate of drug-likeness (QED) is 0.458. The van der Waals surface area contributed by atoms with Crippen molar-refractivity contribution in [2.45, 2.75) is 34.6 Å². The summed E-state index contributed by atoms with van der Waals surface area (Å²) in [6, 6.07) is 0. The van der Waals surface area contributed by atoms with Gasteiger partial charge in [-0.3, -0.25) is 4.99 Å². The van der Waals surface area contributed by atoms with Gasteiger partial charge in [-0.25, -0.2) is 0 Å². The van der Waals surface area contributed by atoms with Crippen molar-refractivity contribution in [3.8, 4) is 0 Å². The van der Waals surface area contributed by atoms with E-state index in [9.17, 15) is 0 Å². The fraction of sp³-hybridized carbons (Fsp3) is 0.417. The average molecular weight is 177 g/mol. The minimum absolute atomic E-state index is 1.03. The molecule has 0 heterocycles. The van der Waals surface area contributed by atoms with Crippen LogP contribution in [0.25, 0.3) is 0 Å². The van der Waals surface area contributed by atoms with E-state index < -0.39 is 0 Å². The lowest BCUT2D eigenvalue weighted by Crippen LogP contribution is -1.91. The number of allylic oxidation sites excluding steroid dienone is 5. The third-order valence-corrected chi connectivity index (χ3v) is 1.94. The SMILES string of the molecule is C=C(C)C(/C(C)=C\C)=C(/C)N=CC. The normalized spacial score (nSPS) is 14.7. The summed E-state index contributed by atoms with van der Waals surface area (Å²) in [7, 11) is 0. The van der Waals surface area contributed by atoms with Gasteiger partial charge in [-0.15, -0.1) is 0 Å². The van der Waals surface area contributed by atoms with Crippen molar-refractivity contribution >= 4 is 6.21 Å². The van der Waals surface area contributed by atoms with E-state index in [0.29, 0.717) is 0 Å². The van der Waals surface area contributed by atoms with E-state index in [0.717, 1.165) is 11.3 Å². The second kappa shape index (κ2) is 5.52. The maximum absolute atomic E-state index is 4.27. The Kier molecular flexibility index (Phi) is 5.05. The van der Waals surface area contributed by atoms with Crippen molar-refractivity contribution in [2.75, 3.05) is 0 Å². The van der Waals surface area contributed by atoms with Crippen LogP contribution >= 0.6 is 0 Å². The molecular weight excluding hydrogens is 158 g/mol. The highest BCUT2D eigenvalue weighted by Gasteiger charge is 2.03. The molecule has 13 heavy (non-hydrogen) atoms. The van der Waals surface area contributed by atoms with Crippen LogP contribution in [0.5, 0.6) is 0 Å². The minimum Gasteiger partial charge on any atom is -0.266 e. The van der Waals surface area contributed by atoms with E-state index in [1.54, 1.807) is 6.21 Å². The van der Waals surface area contributed by atoms with Gasteiger partial charge in [0.05, 0.1) is 0 Å². The van der Waals surface area contributed by atoms with E-state index >= 15 is 0 Å². The lowest BCUT2D eigenvalue weighted by atomic mass is 9.99. The standard InChI is InChI=1S/C12H19N/c1-7-10(5)12(9(3)4)11(6)13-8-2/h7-8H,3H2,1-2,4-6H3/b10-7-,12-11+,13-8?. The third-order valence-electron chi connectivity index (χ3n) is 1.94. The zero-order chi connectivity index (χ0) is 10.4. The molecule has 0 amide bonds. The largest absolute Gasteiger partial charge is 0.266 e. The van der Waals surface area contributed by atoms with Crippen LogP contribution in [0.2, 0.25) is 0 Å². The second-order valence-electron chi connectivity index (χ2n) is 3.10. The van der Waals surface area contributed by atoms with Crippen molar-refractivity contribution in [1.29, 1.82) is 0 Å². The molecule has 0 aromatic rings. The van der Waals surface area contributed by atoms with Crippen LogP contribution in [0.15, 0.2) is 40.1 Å². The molecule has 0 aromatic carbocycles. The van der Waals surface area contributed by atoms with Gasteiger partial charge in [0.25, 0.3) is 0 Å². The summed E-state index contributed by atoms with van der Waals surface area (Å²) >= 11 is 0. The summed E-state index contributed by atoms with van der Waals surface area (Å²) in [4.78, 5) is 4.27. The highest BCUT2D eigenvalue weighted by molar-refractivity contribution is 5.57. The predicted octanol–water partition coefficient (Wildman–Crippen LogP) is 3.89. The first-order chi connectivity index (χ1) is 6.04. The predicted molar refractivity (Wildman–Crippen MR) is 61.1 cm³/mol. The average Bonchev–Trinajstić information content (AvgIpc) is 2.04. The van der Waals surface area contributed by atoms with Crippen molar-refractivity contribution in [3.05, 3.63) is 35.1 Å². The first-order valence-corrected chi connectivity index (χ1v) is 4.53. The van der Waals surface area contributed by atoms with Gasteiger partial charge >= 0.3 is 0 Å². The molecule has 0 radical (unpaired) electrons. The molecule has 72 valence electrons. The Morgan fingerprint density at radius 1 is 1.15 bits per heavy atom. The molecule has 0 saturated heterocycles. The molecule has 0 aliphatic carbocycles. The lowest BCUT2D eigenvalue weighted by Gasteiger charge is -2.09.